The van der Waals surface area contributed by atoms with Gasteiger partial charge >= 0.3 is 0 Å². The number of methoxy groups -OCH3 is 1. The van der Waals surface area contributed by atoms with Crippen molar-refractivity contribution < 1.29 is 9.84 Å². The Labute approximate surface area is 119 Å². The SMILES string of the molecule is COc1ccc(Br)cc1-c1nc(CCO)sc1C. The predicted octanol–water partition coefficient (Wildman–Crippen LogP) is 3.42. The van der Waals surface area contributed by atoms with Crippen LogP contribution in [0.15, 0.2) is 22.7 Å². The van der Waals surface area contributed by atoms with Gasteiger partial charge < -0.3 is 9.84 Å². The topological polar surface area (TPSA) is 42.4 Å². The van der Waals surface area contributed by atoms with Crippen LogP contribution in [0.4, 0.5) is 0 Å². The Kier molecular flexibility index (Phi) is 4.37. The van der Waals surface area contributed by atoms with E-state index in [1.54, 1.807) is 18.4 Å². The number of aliphatic hydroxyl groups excluding tert-OH is 1. The van der Waals surface area contributed by atoms with Gasteiger partial charge in [-0.15, -0.1) is 11.3 Å². The number of hydrogen-bond donors (Lipinski definition) is 1. The van der Waals surface area contributed by atoms with Crippen LogP contribution in [0.3, 0.4) is 0 Å². The molecule has 1 aromatic heterocycles. The van der Waals surface area contributed by atoms with E-state index in [9.17, 15) is 0 Å². The number of thiazole rings is 1. The molecule has 0 saturated heterocycles. The number of benzene rings is 1. The third kappa shape index (κ3) is 2.74. The maximum Gasteiger partial charge on any atom is 0.128 e. The van der Waals surface area contributed by atoms with Gasteiger partial charge in [-0.25, -0.2) is 4.98 Å². The fourth-order valence-corrected chi connectivity index (χ4v) is 3.07. The van der Waals surface area contributed by atoms with Gasteiger partial charge in [-0.05, 0) is 25.1 Å². The van der Waals surface area contributed by atoms with Crippen molar-refractivity contribution in [3.63, 3.8) is 0 Å². The number of hydrogen-bond acceptors (Lipinski definition) is 4. The highest BCUT2D eigenvalue weighted by Crippen LogP contribution is 2.36. The summed E-state index contributed by atoms with van der Waals surface area (Å²) >= 11 is 5.08. The smallest absolute Gasteiger partial charge is 0.128 e. The van der Waals surface area contributed by atoms with Gasteiger partial charge in [-0.3, -0.25) is 0 Å². The Bertz CT molecular complexity index is 554. The van der Waals surface area contributed by atoms with Gasteiger partial charge in [0.05, 0.1) is 17.8 Å². The van der Waals surface area contributed by atoms with E-state index in [0.29, 0.717) is 6.42 Å². The average molecular weight is 328 g/mol. The van der Waals surface area contributed by atoms with Crippen molar-refractivity contribution in [2.45, 2.75) is 13.3 Å². The predicted molar refractivity (Wildman–Crippen MR) is 77.3 cm³/mol. The Morgan fingerprint density at radius 1 is 1.44 bits per heavy atom. The maximum atomic E-state index is 8.97. The van der Waals surface area contributed by atoms with Gasteiger partial charge in [-0.2, -0.15) is 0 Å². The lowest BCUT2D eigenvalue weighted by molar-refractivity contribution is 0.299. The number of rotatable bonds is 4. The Balaban J connectivity index is 2.50. The summed E-state index contributed by atoms with van der Waals surface area (Å²) in [6.07, 6.45) is 0.599. The number of ether oxygens (including phenoxy) is 1. The van der Waals surface area contributed by atoms with Crippen molar-refractivity contribution >= 4 is 27.3 Å². The first-order valence-electron chi connectivity index (χ1n) is 5.56. The van der Waals surface area contributed by atoms with Crippen LogP contribution in [0, 0.1) is 6.92 Å². The van der Waals surface area contributed by atoms with Gasteiger partial charge in [0.15, 0.2) is 0 Å². The van der Waals surface area contributed by atoms with Crippen LogP contribution >= 0.6 is 27.3 Å². The molecule has 0 fully saturated rings. The Hall–Kier alpha value is -0.910. The molecular weight excluding hydrogens is 314 g/mol. The van der Waals surface area contributed by atoms with Crippen LogP contribution < -0.4 is 4.74 Å². The summed E-state index contributed by atoms with van der Waals surface area (Å²) in [5.41, 5.74) is 1.91. The van der Waals surface area contributed by atoms with Crippen molar-refractivity contribution in [3.8, 4) is 17.0 Å². The highest BCUT2D eigenvalue weighted by atomic mass is 79.9. The summed E-state index contributed by atoms with van der Waals surface area (Å²) < 4.78 is 6.37. The molecule has 1 heterocycles. The number of aromatic nitrogens is 1. The van der Waals surface area contributed by atoms with E-state index in [4.69, 9.17) is 9.84 Å². The molecule has 0 atom stereocenters. The molecule has 1 aromatic carbocycles. The molecule has 0 spiro atoms. The third-order valence-corrected chi connectivity index (χ3v) is 4.11. The molecule has 0 radical (unpaired) electrons. The van der Waals surface area contributed by atoms with Crippen molar-refractivity contribution in [1.82, 2.24) is 4.98 Å². The zero-order chi connectivity index (χ0) is 13.1. The molecule has 0 aliphatic carbocycles. The van der Waals surface area contributed by atoms with Gasteiger partial charge in [0.2, 0.25) is 0 Å². The summed E-state index contributed by atoms with van der Waals surface area (Å²) in [6.45, 7) is 2.16. The van der Waals surface area contributed by atoms with E-state index in [1.165, 1.54) is 0 Å². The molecule has 1 N–H and O–H groups in total. The molecule has 0 saturated carbocycles. The summed E-state index contributed by atoms with van der Waals surface area (Å²) in [5, 5.41) is 9.92. The minimum absolute atomic E-state index is 0.127. The van der Waals surface area contributed by atoms with Crippen LogP contribution in [-0.4, -0.2) is 23.8 Å². The second kappa shape index (κ2) is 5.82. The largest absolute Gasteiger partial charge is 0.496 e. The molecule has 96 valence electrons. The van der Waals surface area contributed by atoms with Gasteiger partial charge in [0.25, 0.3) is 0 Å². The van der Waals surface area contributed by atoms with E-state index in [2.05, 4.69) is 20.9 Å². The molecule has 2 rings (SSSR count). The molecular formula is C13H14BrNO2S. The fraction of sp³-hybridized carbons (Fsp3) is 0.308. The first kappa shape index (κ1) is 13.5. The molecule has 18 heavy (non-hydrogen) atoms. The van der Waals surface area contributed by atoms with Crippen LogP contribution in [0.25, 0.3) is 11.3 Å². The highest BCUT2D eigenvalue weighted by Gasteiger charge is 2.14. The number of nitrogens with zero attached hydrogens (tertiary/aromatic N) is 1. The maximum absolute atomic E-state index is 8.97. The van der Waals surface area contributed by atoms with Gasteiger partial charge in [0, 0.05) is 27.9 Å². The zero-order valence-corrected chi connectivity index (χ0v) is 12.6. The van der Waals surface area contributed by atoms with E-state index in [-0.39, 0.29) is 6.61 Å². The second-order valence-corrected chi connectivity index (χ2v) is 6.03. The lowest BCUT2D eigenvalue weighted by atomic mass is 10.1. The van der Waals surface area contributed by atoms with Crippen molar-refractivity contribution in [2.24, 2.45) is 0 Å². The van der Waals surface area contributed by atoms with Crippen LogP contribution in [0.1, 0.15) is 9.88 Å². The van der Waals surface area contributed by atoms with Gasteiger partial charge in [0.1, 0.15) is 5.75 Å². The summed E-state index contributed by atoms with van der Waals surface area (Å²) in [6, 6.07) is 5.87. The molecule has 0 bridgehead atoms. The lowest BCUT2D eigenvalue weighted by Gasteiger charge is -2.07. The monoisotopic (exact) mass is 327 g/mol. The van der Waals surface area contributed by atoms with E-state index >= 15 is 0 Å². The van der Waals surface area contributed by atoms with Crippen LogP contribution in [0.2, 0.25) is 0 Å². The summed E-state index contributed by atoms with van der Waals surface area (Å²) in [7, 11) is 1.66. The van der Waals surface area contributed by atoms with E-state index in [1.807, 2.05) is 25.1 Å². The minimum atomic E-state index is 0.127. The molecule has 0 aliphatic rings. The van der Waals surface area contributed by atoms with Gasteiger partial charge in [-0.1, -0.05) is 15.9 Å². The Morgan fingerprint density at radius 3 is 2.89 bits per heavy atom. The molecule has 0 amide bonds. The van der Waals surface area contributed by atoms with Crippen molar-refractivity contribution in [1.29, 1.82) is 0 Å². The van der Waals surface area contributed by atoms with E-state index < -0.39 is 0 Å². The number of halogens is 1. The molecule has 5 heteroatoms. The van der Waals surface area contributed by atoms with Crippen molar-refractivity contribution in [2.75, 3.05) is 13.7 Å². The third-order valence-electron chi connectivity index (χ3n) is 2.58. The second-order valence-electron chi connectivity index (χ2n) is 3.83. The molecule has 0 unspecified atom stereocenters. The number of aryl methyl sites for hydroxylation is 1. The quantitative estimate of drug-likeness (QED) is 0.935. The summed E-state index contributed by atoms with van der Waals surface area (Å²) in [4.78, 5) is 5.71. The highest BCUT2D eigenvalue weighted by molar-refractivity contribution is 9.10. The molecule has 2 aromatic rings. The van der Waals surface area contributed by atoms with Crippen LogP contribution in [0.5, 0.6) is 5.75 Å². The number of aliphatic hydroxyl groups is 1. The molecule has 3 nitrogen and oxygen atoms in total. The first-order chi connectivity index (χ1) is 8.65. The fourth-order valence-electron chi connectivity index (χ4n) is 1.77. The Morgan fingerprint density at radius 2 is 2.22 bits per heavy atom. The van der Waals surface area contributed by atoms with Crippen molar-refractivity contribution in [3.05, 3.63) is 32.6 Å². The lowest BCUT2D eigenvalue weighted by Crippen LogP contribution is -1.91. The average Bonchev–Trinajstić information content (AvgIpc) is 2.70. The van der Waals surface area contributed by atoms with Crippen LogP contribution in [-0.2, 0) is 6.42 Å². The molecule has 0 aliphatic heterocycles. The normalized spacial score (nSPS) is 10.7. The summed E-state index contributed by atoms with van der Waals surface area (Å²) in [5.74, 6) is 0.808. The zero-order valence-electron chi connectivity index (χ0n) is 10.2. The first-order valence-corrected chi connectivity index (χ1v) is 7.17. The standard InChI is InChI=1S/C13H14BrNO2S/c1-8-13(15-12(18-8)5-6-16)10-7-9(14)3-4-11(10)17-2/h3-4,7,16H,5-6H2,1-2H3. The van der Waals surface area contributed by atoms with E-state index in [0.717, 1.165) is 31.4 Å². The minimum Gasteiger partial charge on any atom is -0.496 e.